The van der Waals surface area contributed by atoms with Gasteiger partial charge in [0.15, 0.2) is 0 Å². The lowest BCUT2D eigenvalue weighted by Crippen LogP contribution is -2.36. The van der Waals surface area contributed by atoms with Gasteiger partial charge in [0.25, 0.3) is 0 Å². The molecular formula is C11H18N2O4S. The zero-order valence-corrected chi connectivity index (χ0v) is 10.8. The normalized spacial score (nSPS) is 11.9. The maximum absolute atomic E-state index is 12.0. The highest BCUT2D eigenvalue weighted by Crippen LogP contribution is 2.12. The molecule has 6 nitrogen and oxygen atoms in total. The molecular weight excluding hydrogens is 256 g/mol. The molecule has 0 unspecified atom stereocenters. The van der Waals surface area contributed by atoms with Crippen LogP contribution in [0.25, 0.3) is 0 Å². The minimum absolute atomic E-state index is 0.0160. The van der Waals surface area contributed by atoms with E-state index >= 15 is 0 Å². The Hall–Kier alpha value is -1.15. The Balaban J connectivity index is 2.81. The third-order valence-electron chi connectivity index (χ3n) is 2.42. The molecule has 0 aliphatic heterocycles. The molecule has 1 aromatic carbocycles. The number of rotatable bonds is 7. The van der Waals surface area contributed by atoms with Crippen molar-refractivity contribution in [1.82, 2.24) is 4.31 Å². The fourth-order valence-corrected chi connectivity index (χ4v) is 3.04. The zero-order valence-electron chi connectivity index (χ0n) is 9.99. The van der Waals surface area contributed by atoms with Crippen LogP contribution in [0.4, 0.5) is 5.69 Å². The van der Waals surface area contributed by atoms with Gasteiger partial charge in [0.05, 0.1) is 19.0 Å². The number of hydrogen-bond donors (Lipinski definition) is 3. The quantitative estimate of drug-likeness (QED) is 0.575. The number of hydrogen-bond acceptors (Lipinski definition) is 5. The molecule has 0 fully saturated rings. The predicted octanol–water partition coefficient (Wildman–Crippen LogP) is -0.615. The van der Waals surface area contributed by atoms with Crippen molar-refractivity contribution in [2.24, 2.45) is 0 Å². The van der Waals surface area contributed by atoms with Crippen LogP contribution in [-0.4, -0.2) is 49.2 Å². The van der Waals surface area contributed by atoms with E-state index < -0.39 is 10.0 Å². The van der Waals surface area contributed by atoms with Crippen LogP contribution in [0, 0.1) is 0 Å². The number of nitrogens with two attached hydrogens (primary N) is 1. The number of nitrogen functional groups attached to an aromatic ring is 1. The smallest absolute Gasteiger partial charge is 0.218 e. The summed E-state index contributed by atoms with van der Waals surface area (Å²) in [5.74, 6) is -0.173. The molecule has 0 aromatic heterocycles. The second kappa shape index (κ2) is 6.69. The molecule has 0 bridgehead atoms. The molecule has 0 aliphatic rings. The van der Waals surface area contributed by atoms with Crippen LogP contribution < -0.4 is 5.73 Å². The molecule has 0 spiro atoms. The van der Waals surface area contributed by atoms with Gasteiger partial charge in [-0.2, -0.15) is 4.31 Å². The summed E-state index contributed by atoms with van der Waals surface area (Å²) >= 11 is 0. The highest BCUT2D eigenvalue weighted by Gasteiger charge is 2.21. The molecule has 18 heavy (non-hydrogen) atoms. The molecule has 1 rings (SSSR count). The van der Waals surface area contributed by atoms with Crippen molar-refractivity contribution in [1.29, 1.82) is 0 Å². The Bertz CT molecular complexity index is 452. The van der Waals surface area contributed by atoms with Crippen LogP contribution in [0.2, 0.25) is 0 Å². The van der Waals surface area contributed by atoms with Crippen LogP contribution in [0.3, 0.4) is 0 Å². The van der Waals surface area contributed by atoms with Crippen molar-refractivity contribution < 1.29 is 18.6 Å². The first-order valence-corrected chi connectivity index (χ1v) is 7.14. The summed E-state index contributed by atoms with van der Waals surface area (Å²) < 4.78 is 25.1. The molecule has 4 N–H and O–H groups in total. The summed E-state index contributed by atoms with van der Waals surface area (Å²) in [6, 6.07) is 6.55. The molecule has 0 saturated heterocycles. The van der Waals surface area contributed by atoms with E-state index in [-0.39, 0.29) is 32.1 Å². The predicted molar refractivity (Wildman–Crippen MR) is 69.2 cm³/mol. The standard InChI is InChI=1S/C11H18N2O4S/c12-11-3-1-10(2-4-11)9-18(16,17)13(5-7-14)6-8-15/h1-4,14-15H,5-9,12H2. The Morgan fingerprint density at radius 2 is 1.56 bits per heavy atom. The van der Waals surface area contributed by atoms with E-state index in [2.05, 4.69) is 0 Å². The first-order valence-electron chi connectivity index (χ1n) is 5.53. The minimum atomic E-state index is -3.54. The third kappa shape index (κ3) is 4.26. The molecule has 0 radical (unpaired) electrons. The zero-order chi connectivity index (χ0) is 13.6. The molecule has 7 heteroatoms. The average molecular weight is 274 g/mol. The highest BCUT2D eigenvalue weighted by atomic mass is 32.2. The summed E-state index contributed by atoms with van der Waals surface area (Å²) in [6.45, 7) is -0.586. The van der Waals surface area contributed by atoms with Gasteiger partial charge in [-0.15, -0.1) is 0 Å². The van der Waals surface area contributed by atoms with E-state index in [1.54, 1.807) is 24.3 Å². The number of sulfonamides is 1. The highest BCUT2D eigenvalue weighted by molar-refractivity contribution is 7.88. The van der Waals surface area contributed by atoms with Gasteiger partial charge < -0.3 is 15.9 Å². The number of benzene rings is 1. The molecule has 0 heterocycles. The first-order chi connectivity index (χ1) is 8.49. The van der Waals surface area contributed by atoms with Gasteiger partial charge in [-0.3, -0.25) is 0 Å². The van der Waals surface area contributed by atoms with Crippen LogP contribution in [-0.2, 0) is 15.8 Å². The molecule has 0 atom stereocenters. The second-order valence-corrected chi connectivity index (χ2v) is 5.81. The lowest BCUT2D eigenvalue weighted by Gasteiger charge is -2.20. The van der Waals surface area contributed by atoms with Gasteiger partial charge >= 0.3 is 0 Å². The van der Waals surface area contributed by atoms with Crippen molar-refractivity contribution in [2.45, 2.75) is 5.75 Å². The van der Waals surface area contributed by atoms with Crippen LogP contribution in [0.5, 0.6) is 0 Å². The Morgan fingerprint density at radius 1 is 1.06 bits per heavy atom. The molecule has 1 aromatic rings. The average Bonchev–Trinajstić information content (AvgIpc) is 2.32. The van der Waals surface area contributed by atoms with E-state index in [1.807, 2.05) is 0 Å². The maximum Gasteiger partial charge on any atom is 0.218 e. The molecule has 0 saturated carbocycles. The van der Waals surface area contributed by atoms with Crippen molar-refractivity contribution in [3.8, 4) is 0 Å². The third-order valence-corrected chi connectivity index (χ3v) is 4.27. The lowest BCUT2D eigenvalue weighted by atomic mass is 10.2. The van der Waals surface area contributed by atoms with Crippen LogP contribution in [0.15, 0.2) is 24.3 Å². The van der Waals surface area contributed by atoms with Gasteiger partial charge in [0, 0.05) is 18.8 Å². The van der Waals surface area contributed by atoms with Gasteiger partial charge in [-0.05, 0) is 17.7 Å². The maximum atomic E-state index is 12.0. The monoisotopic (exact) mass is 274 g/mol. The van der Waals surface area contributed by atoms with E-state index in [9.17, 15) is 8.42 Å². The summed E-state index contributed by atoms with van der Waals surface area (Å²) in [5, 5.41) is 17.6. The van der Waals surface area contributed by atoms with Crippen molar-refractivity contribution in [3.05, 3.63) is 29.8 Å². The largest absolute Gasteiger partial charge is 0.399 e. The number of aliphatic hydroxyl groups excluding tert-OH is 2. The first kappa shape index (κ1) is 14.9. The van der Waals surface area contributed by atoms with E-state index in [1.165, 1.54) is 0 Å². The number of nitrogens with zero attached hydrogens (tertiary/aromatic N) is 1. The van der Waals surface area contributed by atoms with E-state index in [0.717, 1.165) is 4.31 Å². The summed E-state index contributed by atoms with van der Waals surface area (Å²) in [5.41, 5.74) is 6.70. The summed E-state index contributed by atoms with van der Waals surface area (Å²) in [4.78, 5) is 0. The van der Waals surface area contributed by atoms with Crippen LogP contribution >= 0.6 is 0 Å². The SMILES string of the molecule is Nc1ccc(CS(=O)(=O)N(CCO)CCO)cc1. The summed E-state index contributed by atoms with van der Waals surface area (Å²) in [7, 11) is -3.54. The van der Waals surface area contributed by atoms with E-state index in [4.69, 9.17) is 15.9 Å². The fraction of sp³-hybridized carbons (Fsp3) is 0.455. The molecule has 102 valence electrons. The van der Waals surface area contributed by atoms with Gasteiger partial charge in [0.1, 0.15) is 0 Å². The second-order valence-electron chi connectivity index (χ2n) is 3.84. The van der Waals surface area contributed by atoms with Gasteiger partial charge in [-0.1, -0.05) is 12.1 Å². The minimum Gasteiger partial charge on any atom is -0.399 e. The lowest BCUT2D eigenvalue weighted by molar-refractivity contribution is 0.217. The van der Waals surface area contributed by atoms with Crippen molar-refractivity contribution in [2.75, 3.05) is 32.0 Å². The van der Waals surface area contributed by atoms with Gasteiger partial charge in [-0.25, -0.2) is 8.42 Å². The number of aliphatic hydroxyl groups is 2. The Labute approximate surface area is 107 Å². The summed E-state index contributed by atoms with van der Waals surface area (Å²) in [6.07, 6.45) is 0. The van der Waals surface area contributed by atoms with Crippen LogP contribution in [0.1, 0.15) is 5.56 Å². The Kier molecular flexibility index (Phi) is 5.54. The number of anilines is 1. The van der Waals surface area contributed by atoms with Gasteiger partial charge in [0.2, 0.25) is 10.0 Å². The fourth-order valence-electron chi connectivity index (χ4n) is 1.53. The van der Waals surface area contributed by atoms with Crippen molar-refractivity contribution in [3.63, 3.8) is 0 Å². The van der Waals surface area contributed by atoms with Crippen molar-refractivity contribution >= 4 is 15.7 Å². The Morgan fingerprint density at radius 3 is 2.00 bits per heavy atom. The molecule has 0 amide bonds. The topological polar surface area (TPSA) is 104 Å². The van der Waals surface area contributed by atoms with E-state index in [0.29, 0.717) is 11.3 Å². The molecule has 0 aliphatic carbocycles.